The van der Waals surface area contributed by atoms with E-state index in [9.17, 15) is 18.0 Å². The third-order valence-electron chi connectivity index (χ3n) is 3.16. The Balaban J connectivity index is 2.15. The van der Waals surface area contributed by atoms with E-state index in [1.54, 1.807) is 0 Å². The van der Waals surface area contributed by atoms with Crippen LogP contribution < -0.4 is 10.6 Å². The van der Waals surface area contributed by atoms with Crippen LogP contribution in [0.1, 0.15) is 24.8 Å². The van der Waals surface area contributed by atoms with Gasteiger partial charge >= 0.3 is 6.18 Å². The van der Waals surface area contributed by atoms with Gasteiger partial charge in [-0.2, -0.15) is 13.2 Å². The van der Waals surface area contributed by atoms with Gasteiger partial charge in [-0.05, 0) is 37.5 Å². The fourth-order valence-electron chi connectivity index (χ4n) is 2.07. The normalized spacial score (nSPS) is 20.2. The molecule has 0 saturated carbocycles. The SMILES string of the molecule is O=C1NCCCCC1Nc1ccc(C(F)(F)F)cc1Cl. The van der Waals surface area contributed by atoms with E-state index < -0.39 is 17.8 Å². The lowest BCUT2D eigenvalue weighted by atomic mass is 10.1. The van der Waals surface area contributed by atoms with Crippen molar-refractivity contribution < 1.29 is 18.0 Å². The predicted octanol–water partition coefficient (Wildman–Crippen LogP) is 3.44. The second kappa shape index (κ2) is 5.91. The zero-order valence-electron chi connectivity index (χ0n) is 10.6. The molecule has 7 heteroatoms. The number of anilines is 1. The summed E-state index contributed by atoms with van der Waals surface area (Å²) in [5.74, 6) is -0.154. The standard InChI is InChI=1S/C13H14ClF3N2O/c14-9-7-8(13(15,16)17)4-5-10(9)19-11-3-1-2-6-18-12(11)20/h4-5,7,11,19H,1-3,6H2,(H,18,20). The molecule has 0 aliphatic carbocycles. The molecule has 1 unspecified atom stereocenters. The van der Waals surface area contributed by atoms with Crippen LogP contribution in [0.4, 0.5) is 18.9 Å². The molecule has 1 aliphatic rings. The second-order valence-corrected chi connectivity index (χ2v) is 5.08. The first-order valence-electron chi connectivity index (χ1n) is 6.29. The Hall–Kier alpha value is -1.43. The minimum Gasteiger partial charge on any atom is -0.372 e. The van der Waals surface area contributed by atoms with E-state index >= 15 is 0 Å². The Kier molecular flexibility index (Phi) is 4.42. The van der Waals surface area contributed by atoms with E-state index in [0.717, 1.165) is 25.0 Å². The summed E-state index contributed by atoms with van der Waals surface area (Å²) in [5, 5.41) is 5.61. The van der Waals surface area contributed by atoms with E-state index in [4.69, 9.17) is 11.6 Å². The monoisotopic (exact) mass is 306 g/mol. The van der Waals surface area contributed by atoms with Crippen LogP contribution in [0.5, 0.6) is 0 Å². The van der Waals surface area contributed by atoms with Gasteiger partial charge in [-0.1, -0.05) is 11.6 Å². The number of amides is 1. The van der Waals surface area contributed by atoms with Crippen LogP contribution >= 0.6 is 11.6 Å². The van der Waals surface area contributed by atoms with Crippen LogP contribution in [-0.4, -0.2) is 18.5 Å². The highest BCUT2D eigenvalue weighted by molar-refractivity contribution is 6.33. The number of hydrogen-bond acceptors (Lipinski definition) is 2. The van der Waals surface area contributed by atoms with E-state index in [0.29, 0.717) is 18.7 Å². The van der Waals surface area contributed by atoms with Crippen LogP contribution in [-0.2, 0) is 11.0 Å². The van der Waals surface area contributed by atoms with Crippen molar-refractivity contribution in [2.75, 3.05) is 11.9 Å². The Morgan fingerprint density at radius 2 is 2.05 bits per heavy atom. The van der Waals surface area contributed by atoms with Gasteiger partial charge in [0.25, 0.3) is 0 Å². The molecular weight excluding hydrogens is 293 g/mol. The minimum atomic E-state index is -4.43. The maximum atomic E-state index is 12.5. The van der Waals surface area contributed by atoms with Gasteiger partial charge < -0.3 is 10.6 Å². The van der Waals surface area contributed by atoms with Gasteiger partial charge in [0.2, 0.25) is 5.91 Å². The third-order valence-corrected chi connectivity index (χ3v) is 3.47. The van der Waals surface area contributed by atoms with Crippen LogP contribution in [0.15, 0.2) is 18.2 Å². The summed E-state index contributed by atoms with van der Waals surface area (Å²) in [7, 11) is 0. The first-order valence-corrected chi connectivity index (χ1v) is 6.67. The topological polar surface area (TPSA) is 41.1 Å². The van der Waals surface area contributed by atoms with E-state index in [2.05, 4.69) is 10.6 Å². The molecule has 1 atom stereocenters. The molecule has 1 heterocycles. The number of rotatable bonds is 2. The van der Waals surface area contributed by atoms with Gasteiger partial charge in [-0.15, -0.1) is 0 Å². The molecule has 1 fully saturated rings. The number of carbonyl (C=O) groups is 1. The maximum absolute atomic E-state index is 12.5. The van der Waals surface area contributed by atoms with Gasteiger partial charge in [0.05, 0.1) is 16.3 Å². The second-order valence-electron chi connectivity index (χ2n) is 4.68. The number of halogens is 4. The van der Waals surface area contributed by atoms with E-state index in [-0.39, 0.29) is 10.9 Å². The molecule has 20 heavy (non-hydrogen) atoms. The number of carbonyl (C=O) groups excluding carboxylic acids is 1. The smallest absolute Gasteiger partial charge is 0.372 e. The lowest BCUT2D eigenvalue weighted by molar-refractivity contribution is -0.137. The molecule has 0 spiro atoms. The summed E-state index contributed by atoms with van der Waals surface area (Å²) < 4.78 is 37.6. The van der Waals surface area contributed by atoms with E-state index in [1.165, 1.54) is 6.07 Å². The highest BCUT2D eigenvalue weighted by Gasteiger charge is 2.31. The molecule has 1 aromatic rings. The molecule has 0 bridgehead atoms. The maximum Gasteiger partial charge on any atom is 0.416 e. The lowest BCUT2D eigenvalue weighted by Crippen LogP contribution is -2.37. The molecule has 2 rings (SSSR count). The summed E-state index contributed by atoms with van der Waals surface area (Å²) in [5.41, 5.74) is -0.472. The first-order chi connectivity index (χ1) is 9.38. The molecule has 1 aliphatic heterocycles. The molecule has 0 aromatic heterocycles. The third kappa shape index (κ3) is 3.56. The van der Waals surface area contributed by atoms with Crippen molar-refractivity contribution >= 4 is 23.2 Å². The quantitative estimate of drug-likeness (QED) is 0.879. The van der Waals surface area contributed by atoms with Crippen molar-refractivity contribution in [2.24, 2.45) is 0 Å². The average Bonchev–Trinajstić information content (AvgIpc) is 2.56. The number of hydrogen-bond donors (Lipinski definition) is 2. The highest BCUT2D eigenvalue weighted by Crippen LogP contribution is 2.34. The molecule has 110 valence electrons. The predicted molar refractivity (Wildman–Crippen MR) is 70.7 cm³/mol. The number of benzene rings is 1. The lowest BCUT2D eigenvalue weighted by Gasteiger charge is -2.18. The number of alkyl halides is 3. The highest BCUT2D eigenvalue weighted by atomic mass is 35.5. The molecular formula is C13H14ClF3N2O. The van der Waals surface area contributed by atoms with Crippen LogP contribution in [0, 0.1) is 0 Å². The summed E-state index contributed by atoms with van der Waals surface area (Å²) in [6.07, 6.45) is -2.04. The molecule has 0 radical (unpaired) electrons. The van der Waals surface area contributed by atoms with Crippen molar-refractivity contribution in [1.82, 2.24) is 5.32 Å². The Bertz CT molecular complexity index is 505. The number of nitrogens with one attached hydrogen (secondary N) is 2. The van der Waals surface area contributed by atoms with Crippen molar-refractivity contribution in [1.29, 1.82) is 0 Å². The van der Waals surface area contributed by atoms with Gasteiger partial charge in [0.1, 0.15) is 6.04 Å². The molecule has 1 saturated heterocycles. The van der Waals surface area contributed by atoms with Crippen molar-refractivity contribution in [2.45, 2.75) is 31.5 Å². The Morgan fingerprint density at radius 1 is 1.30 bits per heavy atom. The fraction of sp³-hybridized carbons (Fsp3) is 0.462. The van der Waals surface area contributed by atoms with Gasteiger partial charge in [-0.3, -0.25) is 4.79 Å². The van der Waals surface area contributed by atoms with Crippen LogP contribution in [0.3, 0.4) is 0 Å². The summed E-state index contributed by atoms with van der Waals surface area (Å²) in [6, 6.07) is 2.59. The van der Waals surface area contributed by atoms with Crippen molar-refractivity contribution in [3.63, 3.8) is 0 Å². The molecule has 1 amide bonds. The molecule has 3 nitrogen and oxygen atoms in total. The molecule has 1 aromatic carbocycles. The van der Waals surface area contributed by atoms with E-state index in [1.807, 2.05) is 0 Å². The van der Waals surface area contributed by atoms with Crippen molar-refractivity contribution in [3.8, 4) is 0 Å². The Morgan fingerprint density at radius 3 is 2.70 bits per heavy atom. The van der Waals surface area contributed by atoms with Crippen LogP contribution in [0.2, 0.25) is 5.02 Å². The minimum absolute atomic E-state index is 0.0446. The summed E-state index contributed by atoms with van der Waals surface area (Å²) in [6.45, 7) is 0.623. The summed E-state index contributed by atoms with van der Waals surface area (Å²) >= 11 is 5.85. The Labute approximate surface area is 119 Å². The van der Waals surface area contributed by atoms with Gasteiger partial charge in [0.15, 0.2) is 0 Å². The van der Waals surface area contributed by atoms with Crippen molar-refractivity contribution in [3.05, 3.63) is 28.8 Å². The van der Waals surface area contributed by atoms with Gasteiger partial charge in [-0.25, -0.2) is 0 Å². The fourth-order valence-corrected chi connectivity index (χ4v) is 2.31. The zero-order chi connectivity index (χ0) is 14.8. The summed E-state index contributed by atoms with van der Waals surface area (Å²) in [4.78, 5) is 11.8. The van der Waals surface area contributed by atoms with Gasteiger partial charge in [0, 0.05) is 6.54 Å². The first kappa shape index (κ1) is 15.0. The largest absolute Gasteiger partial charge is 0.416 e. The average molecular weight is 307 g/mol. The zero-order valence-corrected chi connectivity index (χ0v) is 11.3. The molecule has 2 N–H and O–H groups in total. The van der Waals surface area contributed by atoms with Crippen LogP contribution in [0.25, 0.3) is 0 Å².